The molecule has 0 N–H and O–H groups in total. The van der Waals surface area contributed by atoms with E-state index in [2.05, 4.69) is 0 Å². The van der Waals surface area contributed by atoms with E-state index in [4.69, 9.17) is 9.47 Å². The van der Waals surface area contributed by atoms with E-state index in [0.717, 1.165) is 16.9 Å². The summed E-state index contributed by atoms with van der Waals surface area (Å²) in [6, 6.07) is 15.2. The summed E-state index contributed by atoms with van der Waals surface area (Å²) in [5, 5.41) is 0. The Hall–Kier alpha value is -2.13. The van der Waals surface area contributed by atoms with Crippen LogP contribution >= 0.6 is 0 Å². The number of aryl methyl sites for hydroxylation is 1. The van der Waals surface area contributed by atoms with Gasteiger partial charge in [0.2, 0.25) is 0 Å². The van der Waals surface area contributed by atoms with Gasteiger partial charge in [0.05, 0.1) is 7.11 Å². The highest BCUT2D eigenvalue weighted by Gasteiger charge is 2.46. The Bertz CT molecular complexity index is 614. The third kappa shape index (κ3) is 2.45. The van der Waals surface area contributed by atoms with Gasteiger partial charge < -0.3 is 9.47 Å². The van der Waals surface area contributed by atoms with Crippen LogP contribution in [-0.2, 0) is 4.74 Å². The molecule has 2 atom stereocenters. The van der Waals surface area contributed by atoms with Gasteiger partial charge in [-0.3, -0.25) is 4.79 Å². The molecule has 0 radical (unpaired) electrons. The van der Waals surface area contributed by atoms with E-state index in [9.17, 15) is 4.79 Å². The summed E-state index contributed by atoms with van der Waals surface area (Å²) in [5.74, 6) is 0.849. The van der Waals surface area contributed by atoms with Crippen molar-refractivity contribution in [2.24, 2.45) is 0 Å². The van der Waals surface area contributed by atoms with Gasteiger partial charge in [0.15, 0.2) is 11.9 Å². The maximum absolute atomic E-state index is 12.3. The SMILES string of the molecule is COc1ccc([C@@H]2O[C@H]2C(=O)c2ccc(C)cc2)cc1. The molecule has 0 aromatic heterocycles. The highest BCUT2D eigenvalue weighted by Crippen LogP contribution is 2.41. The summed E-state index contributed by atoms with van der Waals surface area (Å²) < 4.78 is 10.6. The van der Waals surface area contributed by atoms with E-state index in [0.29, 0.717) is 5.56 Å². The largest absolute Gasteiger partial charge is 0.497 e. The smallest absolute Gasteiger partial charge is 0.194 e. The number of ketones is 1. The minimum absolute atomic E-state index is 0.0471. The minimum Gasteiger partial charge on any atom is -0.497 e. The predicted octanol–water partition coefficient (Wildman–Crippen LogP) is 3.33. The number of hydrogen-bond acceptors (Lipinski definition) is 3. The molecule has 0 unspecified atom stereocenters. The van der Waals surface area contributed by atoms with Gasteiger partial charge in [0, 0.05) is 5.56 Å². The summed E-state index contributed by atoms with van der Waals surface area (Å²) in [5.41, 5.74) is 2.86. The summed E-state index contributed by atoms with van der Waals surface area (Å²) in [6.45, 7) is 2.00. The third-order valence-corrected chi connectivity index (χ3v) is 3.53. The van der Waals surface area contributed by atoms with E-state index in [1.165, 1.54) is 0 Å². The Morgan fingerprint density at radius 2 is 1.70 bits per heavy atom. The number of hydrogen-bond donors (Lipinski definition) is 0. The number of Topliss-reactive ketones (excluding diaryl/α,β-unsaturated/α-hetero) is 1. The highest BCUT2D eigenvalue weighted by molar-refractivity contribution is 6.01. The lowest BCUT2D eigenvalue weighted by atomic mass is 10.0. The lowest BCUT2D eigenvalue weighted by molar-refractivity contribution is 0.0953. The molecule has 0 spiro atoms. The molecule has 1 heterocycles. The van der Waals surface area contributed by atoms with Crippen LogP contribution in [0.15, 0.2) is 48.5 Å². The standard InChI is InChI=1S/C17H16O3/c1-11-3-5-12(6-4-11)15(18)17-16(20-17)13-7-9-14(19-2)10-8-13/h3-10,16-17H,1-2H3/t16-,17-/m0/s1. The molecule has 0 aliphatic carbocycles. The van der Waals surface area contributed by atoms with Crippen LogP contribution in [-0.4, -0.2) is 19.0 Å². The minimum atomic E-state index is -0.355. The summed E-state index contributed by atoms with van der Waals surface area (Å²) in [6.07, 6.45) is -0.485. The Morgan fingerprint density at radius 1 is 1.05 bits per heavy atom. The number of carbonyl (C=O) groups is 1. The van der Waals surface area contributed by atoms with Crippen LogP contribution in [0.1, 0.15) is 27.6 Å². The number of benzene rings is 2. The lowest BCUT2D eigenvalue weighted by Crippen LogP contribution is -2.08. The lowest BCUT2D eigenvalue weighted by Gasteiger charge is -2.01. The molecule has 1 aliphatic heterocycles. The van der Waals surface area contributed by atoms with Gasteiger partial charge in [-0.2, -0.15) is 0 Å². The Labute approximate surface area is 118 Å². The fourth-order valence-electron chi connectivity index (χ4n) is 2.24. The van der Waals surface area contributed by atoms with Crippen molar-refractivity contribution in [3.05, 3.63) is 65.2 Å². The van der Waals surface area contributed by atoms with Crippen LogP contribution < -0.4 is 4.74 Å². The van der Waals surface area contributed by atoms with Crippen molar-refractivity contribution in [1.82, 2.24) is 0 Å². The van der Waals surface area contributed by atoms with Crippen molar-refractivity contribution in [1.29, 1.82) is 0 Å². The fourth-order valence-corrected chi connectivity index (χ4v) is 2.24. The zero-order valence-corrected chi connectivity index (χ0v) is 11.5. The van der Waals surface area contributed by atoms with Crippen molar-refractivity contribution < 1.29 is 14.3 Å². The van der Waals surface area contributed by atoms with E-state index >= 15 is 0 Å². The number of methoxy groups -OCH3 is 1. The Balaban J connectivity index is 1.71. The van der Waals surface area contributed by atoms with Crippen LogP contribution in [0.3, 0.4) is 0 Å². The van der Waals surface area contributed by atoms with Gasteiger partial charge in [0.25, 0.3) is 0 Å². The highest BCUT2D eigenvalue weighted by atomic mass is 16.6. The third-order valence-electron chi connectivity index (χ3n) is 3.53. The van der Waals surface area contributed by atoms with Gasteiger partial charge in [-0.25, -0.2) is 0 Å². The molecule has 2 aromatic carbocycles. The number of rotatable bonds is 4. The number of ether oxygens (including phenoxy) is 2. The monoisotopic (exact) mass is 268 g/mol. The average Bonchev–Trinajstić information content (AvgIpc) is 3.28. The fraction of sp³-hybridized carbons (Fsp3) is 0.235. The van der Waals surface area contributed by atoms with E-state index < -0.39 is 0 Å². The van der Waals surface area contributed by atoms with E-state index in [-0.39, 0.29) is 18.0 Å². The molecule has 0 amide bonds. The molecular weight excluding hydrogens is 252 g/mol. The molecule has 0 saturated carbocycles. The molecular formula is C17H16O3. The van der Waals surface area contributed by atoms with Crippen molar-refractivity contribution in [2.75, 3.05) is 7.11 Å². The molecule has 3 heteroatoms. The second kappa shape index (κ2) is 5.10. The quantitative estimate of drug-likeness (QED) is 0.630. The second-order valence-electron chi connectivity index (χ2n) is 4.98. The summed E-state index contributed by atoms with van der Waals surface area (Å²) >= 11 is 0. The molecule has 20 heavy (non-hydrogen) atoms. The molecule has 1 fully saturated rings. The van der Waals surface area contributed by atoms with Crippen molar-refractivity contribution in [2.45, 2.75) is 19.1 Å². The first-order valence-corrected chi connectivity index (χ1v) is 6.59. The van der Waals surface area contributed by atoms with Gasteiger partial charge in [-0.05, 0) is 24.6 Å². The van der Waals surface area contributed by atoms with Crippen LogP contribution in [0.25, 0.3) is 0 Å². The molecule has 3 nitrogen and oxygen atoms in total. The second-order valence-corrected chi connectivity index (χ2v) is 4.98. The molecule has 2 aromatic rings. The normalized spacial score (nSPS) is 20.5. The predicted molar refractivity (Wildman–Crippen MR) is 76.1 cm³/mol. The zero-order valence-electron chi connectivity index (χ0n) is 11.5. The van der Waals surface area contributed by atoms with Crippen LogP contribution in [0.4, 0.5) is 0 Å². The Kier molecular flexibility index (Phi) is 3.28. The van der Waals surface area contributed by atoms with Crippen molar-refractivity contribution in [3.8, 4) is 5.75 Å². The molecule has 1 saturated heterocycles. The Morgan fingerprint density at radius 3 is 2.30 bits per heavy atom. The van der Waals surface area contributed by atoms with Gasteiger partial charge in [0.1, 0.15) is 11.9 Å². The molecule has 0 bridgehead atoms. The number of epoxide rings is 1. The zero-order chi connectivity index (χ0) is 14.1. The topological polar surface area (TPSA) is 38.8 Å². The first-order valence-electron chi connectivity index (χ1n) is 6.59. The van der Waals surface area contributed by atoms with Gasteiger partial charge in [-0.1, -0.05) is 42.0 Å². The average molecular weight is 268 g/mol. The van der Waals surface area contributed by atoms with Crippen LogP contribution in [0, 0.1) is 6.92 Å². The van der Waals surface area contributed by atoms with E-state index in [1.54, 1.807) is 7.11 Å². The van der Waals surface area contributed by atoms with Gasteiger partial charge >= 0.3 is 0 Å². The maximum Gasteiger partial charge on any atom is 0.194 e. The summed E-state index contributed by atoms with van der Waals surface area (Å²) in [7, 11) is 1.63. The van der Waals surface area contributed by atoms with Crippen LogP contribution in [0.5, 0.6) is 5.75 Å². The number of carbonyl (C=O) groups excluding carboxylic acids is 1. The first kappa shape index (κ1) is 12.9. The summed E-state index contributed by atoms with van der Waals surface area (Å²) in [4.78, 5) is 12.3. The van der Waals surface area contributed by atoms with Crippen molar-refractivity contribution >= 4 is 5.78 Å². The van der Waals surface area contributed by atoms with Crippen molar-refractivity contribution in [3.63, 3.8) is 0 Å². The van der Waals surface area contributed by atoms with Crippen LogP contribution in [0.2, 0.25) is 0 Å². The van der Waals surface area contributed by atoms with Gasteiger partial charge in [-0.15, -0.1) is 0 Å². The molecule has 3 rings (SSSR count). The maximum atomic E-state index is 12.3. The first-order chi connectivity index (χ1) is 9.69. The molecule has 102 valence electrons. The van der Waals surface area contributed by atoms with E-state index in [1.807, 2.05) is 55.5 Å². The molecule has 1 aliphatic rings.